The Morgan fingerprint density at radius 2 is 2.00 bits per heavy atom. The Labute approximate surface area is 81.8 Å². The number of nitrogens with one attached hydrogen (secondary N) is 1. The summed E-state index contributed by atoms with van der Waals surface area (Å²) in [5, 5.41) is 3.27. The zero-order valence-electron chi connectivity index (χ0n) is 9.14. The van der Waals surface area contributed by atoms with Crippen LogP contribution in [0, 0.1) is 0 Å². The third-order valence-corrected chi connectivity index (χ3v) is 1.81. The van der Waals surface area contributed by atoms with E-state index in [2.05, 4.69) is 19.2 Å². The minimum Gasteiger partial charge on any atom is -0.379 e. The van der Waals surface area contributed by atoms with Crippen molar-refractivity contribution in [3.05, 3.63) is 0 Å². The molecule has 1 atom stereocenters. The molecule has 0 radical (unpaired) electrons. The van der Waals surface area contributed by atoms with Crippen LogP contribution in [0.4, 0.5) is 0 Å². The van der Waals surface area contributed by atoms with E-state index in [9.17, 15) is 0 Å². The van der Waals surface area contributed by atoms with Gasteiger partial charge in [-0.1, -0.05) is 6.92 Å². The van der Waals surface area contributed by atoms with Crippen molar-refractivity contribution in [3.8, 4) is 0 Å². The predicted molar refractivity (Wildman–Crippen MR) is 55.1 cm³/mol. The number of hydrogen-bond donors (Lipinski definition) is 1. The summed E-state index contributed by atoms with van der Waals surface area (Å²) in [6.07, 6.45) is 1.40. The van der Waals surface area contributed by atoms with Gasteiger partial charge in [0, 0.05) is 6.61 Å². The SMILES string of the molecule is CCNCCC(C)OCCOCC. The summed E-state index contributed by atoms with van der Waals surface area (Å²) < 4.78 is 10.7. The van der Waals surface area contributed by atoms with Gasteiger partial charge in [0.05, 0.1) is 19.3 Å². The van der Waals surface area contributed by atoms with Crippen LogP contribution < -0.4 is 5.32 Å². The van der Waals surface area contributed by atoms with Crippen LogP contribution in [0.5, 0.6) is 0 Å². The second-order valence-corrected chi connectivity index (χ2v) is 3.02. The predicted octanol–water partition coefficient (Wildman–Crippen LogP) is 1.43. The first kappa shape index (κ1) is 12.9. The van der Waals surface area contributed by atoms with E-state index in [-0.39, 0.29) is 0 Å². The van der Waals surface area contributed by atoms with Gasteiger partial charge in [-0.05, 0) is 33.4 Å². The lowest BCUT2D eigenvalue weighted by atomic mass is 10.3. The molecule has 0 aromatic carbocycles. The topological polar surface area (TPSA) is 30.5 Å². The van der Waals surface area contributed by atoms with Gasteiger partial charge in [0.2, 0.25) is 0 Å². The van der Waals surface area contributed by atoms with Gasteiger partial charge in [-0.3, -0.25) is 0 Å². The van der Waals surface area contributed by atoms with Crippen LogP contribution in [0.2, 0.25) is 0 Å². The first-order valence-corrected chi connectivity index (χ1v) is 5.21. The molecule has 1 N–H and O–H groups in total. The number of ether oxygens (including phenoxy) is 2. The average molecular weight is 189 g/mol. The molecule has 0 spiro atoms. The van der Waals surface area contributed by atoms with Crippen LogP contribution in [0.15, 0.2) is 0 Å². The first-order valence-electron chi connectivity index (χ1n) is 5.21. The van der Waals surface area contributed by atoms with Crippen LogP contribution in [0.1, 0.15) is 27.2 Å². The van der Waals surface area contributed by atoms with Crippen molar-refractivity contribution in [2.45, 2.75) is 33.3 Å². The Bertz CT molecular complexity index is 98.9. The standard InChI is InChI=1S/C10H23NO2/c1-4-11-7-6-10(3)13-9-8-12-5-2/h10-11H,4-9H2,1-3H3. The molecule has 0 aromatic heterocycles. The lowest BCUT2D eigenvalue weighted by Gasteiger charge is -2.12. The third-order valence-electron chi connectivity index (χ3n) is 1.81. The molecule has 0 amide bonds. The Balaban J connectivity index is 3.05. The second-order valence-electron chi connectivity index (χ2n) is 3.02. The minimum atomic E-state index is 0.333. The van der Waals surface area contributed by atoms with E-state index >= 15 is 0 Å². The maximum Gasteiger partial charge on any atom is 0.0704 e. The summed E-state index contributed by atoms with van der Waals surface area (Å²) in [6, 6.07) is 0. The molecule has 0 rings (SSSR count). The van der Waals surface area contributed by atoms with Crippen molar-refractivity contribution in [2.75, 3.05) is 32.9 Å². The molecule has 3 nitrogen and oxygen atoms in total. The van der Waals surface area contributed by atoms with Crippen molar-refractivity contribution < 1.29 is 9.47 Å². The molecule has 0 saturated heterocycles. The first-order chi connectivity index (χ1) is 6.31. The van der Waals surface area contributed by atoms with Crippen molar-refractivity contribution in [3.63, 3.8) is 0 Å². The largest absolute Gasteiger partial charge is 0.379 e. The van der Waals surface area contributed by atoms with E-state index in [4.69, 9.17) is 9.47 Å². The lowest BCUT2D eigenvalue weighted by molar-refractivity contribution is 0.0125. The molecule has 80 valence electrons. The van der Waals surface area contributed by atoms with Gasteiger partial charge in [0.15, 0.2) is 0 Å². The lowest BCUT2D eigenvalue weighted by Crippen LogP contribution is -2.21. The fraction of sp³-hybridized carbons (Fsp3) is 1.00. The van der Waals surface area contributed by atoms with Crippen LogP contribution in [-0.2, 0) is 9.47 Å². The summed E-state index contributed by atoms with van der Waals surface area (Å²) in [5.41, 5.74) is 0. The fourth-order valence-electron chi connectivity index (χ4n) is 1.02. The van der Waals surface area contributed by atoms with E-state index in [1.165, 1.54) is 0 Å². The minimum absolute atomic E-state index is 0.333. The molecule has 0 aromatic rings. The molecular formula is C10H23NO2. The van der Waals surface area contributed by atoms with Crippen LogP contribution >= 0.6 is 0 Å². The molecule has 0 aliphatic rings. The van der Waals surface area contributed by atoms with Crippen molar-refractivity contribution in [1.82, 2.24) is 5.32 Å². The maximum atomic E-state index is 5.53. The van der Waals surface area contributed by atoms with E-state index in [0.29, 0.717) is 19.3 Å². The third kappa shape index (κ3) is 9.80. The number of rotatable bonds is 9. The average Bonchev–Trinajstić information content (AvgIpc) is 2.13. The highest BCUT2D eigenvalue weighted by atomic mass is 16.5. The zero-order valence-corrected chi connectivity index (χ0v) is 9.14. The summed E-state index contributed by atoms with van der Waals surface area (Å²) in [6.45, 7) is 10.5. The van der Waals surface area contributed by atoms with E-state index in [1.807, 2.05) is 6.92 Å². The Hall–Kier alpha value is -0.120. The van der Waals surface area contributed by atoms with Crippen molar-refractivity contribution in [2.24, 2.45) is 0 Å². The highest BCUT2D eigenvalue weighted by Gasteiger charge is 2.00. The molecule has 3 heteroatoms. The molecule has 0 fully saturated rings. The molecule has 1 unspecified atom stereocenters. The van der Waals surface area contributed by atoms with Gasteiger partial charge < -0.3 is 14.8 Å². The summed E-state index contributed by atoms with van der Waals surface area (Å²) >= 11 is 0. The smallest absolute Gasteiger partial charge is 0.0704 e. The summed E-state index contributed by atoms with van der Waals surface area (Å²) in [4.78, 5) is 0. The number of hydrogen-bond acceptors (Lipinski definition) is 3. The molecule has 13 heavy (non-hydrogen) atoms. The van der Waals surface area contributed by atoms with Gasteiger partial charge in [-0.25, -0.2) is 0 Å². The normalized spacial score (nSPS) is 13.2. The fourth-order valence-corrected chi connectivity index (χ4v) is 1.02. The molecule has 0 heterocycles. The van der Waals surface area contributed by atoms with Crippen LogP contribution in [0.3, 0.4) is 0 Å². The van der Waals surface area contributed by atoms with E-state index in [1.54, 1.807) is 0 Å². The molecule has 0 aliphatic heterocycles. The van der Waals surface area contributed by atoms with Gasteiger partial charge >= 0.3 is 0 Å². The van der Waals surface area contributed by atoms with Crippen LogP contribution in [-0.4, -0.2) is 39.0 Å². The van der Waals surface area contributed by atoms with Crippen LogP contribution in [0.25, 0.3) is 0 Å². The molecule has 0 saturated carbocycles. The monoisotopic (exact) mass is 189 g/mol. The second kappa shape index (κ2) is 9.96. The maximum absolute atomic E-state index is 5.53. The highest BCUT2D eigenvalue weighted by molar-refractivity contribution is 4.52. The molecular weight excluding hydrogens is 166 g/mol. The van der Waals surface area contributed by atoms with Crippen molar-refractivity contribution >= 4 is 0 Å². The highest BCUT2D eigenvalue weighted by Crippen LogP contribution is 1.95. The quantitative estimate of drug-likeness (QED) is 0.557. The van der Waals surface area contributed by atoms with E-state index < -0.39 is 0 Å². The molecule has 0 bridgehead atoms. The van der Waals surface area contributed by atoms with Gasteiger partial charge in [0.25, 0.3) is 0 Å². The Kier molecular flexibility index (Phi) is 9.87. The van der Waals surface area contributed by atoms with Gasteiger partial charge in [0.1, 0.15) is 0 Å². The zero-order chi connectivity index (χ0) is 9.94. The van der Waals surface area contributed by atoms with Crippen molar-refractivity contribution in [1.29, 1.82) is 0 Å². The summed E-state index contributed by atoms with van der Waals surface area (Å²) in [5.74, 6) is 0. The Morgan fingerprint density at radius 3 is 2.62 bits per heavy atom. The van der Waals surface area contributed by atoms with E-state index in [0.717, 1.165) is 26.1 Å². The Morgan fingerprint density at radius 1 is 1.23 bits per heavy atom. The summed E-state index contributed by atoms with van der Waals surface area (Å²) in [7, 11) is 0. The van der Waals surface area contributed by atoms with Gasteiger partial charge in [-0.2, -0.15) is 0 Å². The molecule has 0 aliphatic carbocycles. The van der Waals surface area contributed by atoms with Gasteiger partial charge in [-0.15, -0.1) is 0 Å².